The van der Waals surface area contributed by atoms with Gasteiger partial charge in [0.1, 0.15) is 0 Å². The molecular formula is C30H60O11. The number of ether oxygens (including phenoxy) is 10. The van der Waals surface area contributed by atoms with Gasteiger partial charge in [-0.3, -0.25) is 4.79 Å². The summed E-state index contributed by atoms with van der Waals surface area (Å²) in [5.41, 5.74) is 0. The fourth-order valence-corrected chi connectivity index (χ4v) is 3.46. The third-order valence-electron chi connectivity index (χ3n) is 5.80. The van der Waals surface area contributed by atoms with Gasteiger partial charge in [-0.25, -0.2) is 0 Å². The number of hydrogen-bond acceptors (Lipinski definition) is 11. The maximum atomic E-state index is 10.9. The van der Waals surface area contributed by atoms with Crippen LogP contribution in [0.1, 0.15) is 64.7 Å². The van der Waals surface area contributed by atoms with Crippen molar-refractivity contribution in [3.8, 4) is 0 Å². The second-order valence-electron chi connectivity index (χ2n) is 9.31. The molecule has 0 saturated heterocycles. The summed E-state index contributed by atoms with van der Waals surface area (Å²) < 4.78 is 53.6. The number of rotatable bonds is 36. The summed E-state index contributed by atoms with van der Waals surface area (Å²) in [4.78, 5) is 10.9. The average Bonchev–Trinajstić information content (AvgIpc) is 2.99. The van der Waals surface area contributed by atoms with Gasteiger partial charge in [0.2, 0.25) is 0 Å². The summed E-state index contributed by atoms with van der Waals surface area (Å²) >= 11 is 0. The van der Waals surface area contributed by atoms with E-state index in [2.05, 4.69) is 11.7 Å². The first-order valence-electron chi connectivity index (χ1n) is 15.6. The largest absolute Gasteiger partial charge is 0.469 e. The van der Waals surface area contributed by atoms with Crippen molar-refractivity contribution in [1.29, 1.82) is 0 Å². The van der Waals surface area contributed by atoms with Crippen LogP contribution in [0, 0.1) is 0 Å². The van der Waals surface area contributed by atoms with Gasteiger partial charge in [-0.1, -0.05) is 51.9 Å². The first-order valence-corrected chi connectivity index (χ1v) is 15.6. The van der Waals surface area contributed by atoms with Crippen LogP contribution in [-0.4, -0.2) is 132 Å². The molecule has 0 heterocycles. The zero-order valence-corrected chi connectivity index (χ0v) is 26.1. The van der Waals surface area contributed by atoms with Crippen molar-refractivity contribution in [3.63, 3.8) is 0 Å². The van der Waals surface area contributed by atoms with Crippen molar-refractivity contribution in [2.75, 3.05) is 126 Å². The third kappa shape index (κ3) is 37.1. The molecule has 0 bridgehead atoms. The molecule has 0 fully saturated rings. The molecule has 0 aliphatic carbocycles. The Balaban J connectivity index is 3.04. The molecule has 0 spiro atoms. The van der Waals surface area contributed by atoms with E-state index in [1.54, 1.807) is 0 Å². The lowest BCUT2D eigenvalue weighted by atomic mass is 10.1. The molecule has 11 heteroatoms. The van der Waals surface area contributed by atoms with Crippen LogP contribution in [0.15, 0.2) is 0 Å². The maximum absolute atomic E-state index is 10.9. The van der Waals surface area contributed by atoms with Gasteiger partial charge in [-0.15, -0.1) is 0 Å². The molecule has 0 aliphatic heterocycles. The fraction of sp³-hybridized carbons (Fsp3) is 0.967. The molecule has 0 aliphatic rings. The van der Waals surface area contributed by atoms with Gasteiger partial charge in [-0.05, 0) is 6.42 Å². The zero-order valence-electron chi connectivity index (χ0n) is 26.1. The fourth-order valence-electron chi connectivity index (χ4n) is 3.46. The van der Waals surface area contributed by atoms with E-state index in [-0.39, 0.29) is 12.4 Å². The van der Waals surface area contributed by atoms with Gasteiger partial charge in [0.15, 0.2) is 0 Å². The van der Waals surface area contributed by atoms with Gasteiger partial charge in [0.05, 0.1) is 126 Å². The maximum Gasteiger partial charge on any atom is 0.307 e. The van der Waals surface area contributed by atoms with Crippen LogP contribution >= 0.6 is 0 Å². The molecule has 0 unspecified atom stereocenters. The molecule has 11 nitrogen and oxygen atoms in total. The van der Waals surface area contributed by atoms with E-state index in [0.717, 1.165) is 13.0 Å². The van der Waals surface area contributed by atoms with Crippen LogP contribution < -0.4 is 0 Å². The monoisotopic (exact) mass is 596 g/mol. The van der Waals surface area contributed by atoms with E-state index in [0.29, 0.717) is 112 Å². The number of esters is 1. The Bertz CT molecular complexity index is 497. The molecule has 0 amide bonds. The van der Waals surface area contributed by atoms with Crippen molar-refractivity contribution >= 4 is 5.97 Å². The van der Waals surface area contributed by atoms with Crippen molar-refractivity contribution in [1.82, 2.24) is 0 Å². The van der Waals surface area contributed by atoms with E-state index < -0.39 is 0 Å². The highest BCUT2D eigenvalue weighted by molar-refractivity contribution is 5.69. The third-order valence-corrected chi connectivity index (χ3v) is 5.80. The molecule has 0 N–H and O–H groups in total. The number of carbonyl (C=O) groups is 1. The van der Waals surface area contributed by atoms with Crippen molar-refractivity contribution in [2.45, 2.75) is 64.7 Å². The standard InChI is InChI=1S/C30H60O11/c1-3-4-5-6-7-8-9-10-12-33-14-16-35-18-20-37-22-24-39-26-28-41-29-27-40-25-23-38-21-19-36-17-15-34-13-11-30(31)32-2/h3-29H2,1-2H3. The van der Waals surface area contributed by atoms with Crippen molar-refractivity contribution in [3.05, 3.63) is 0 Å². The Hall–Kier alpha value is -0.890. The first kappa shape index (κ1) is 40.1. The highest BCUT2D eigenvalue weighted by Crippen LogP contribution is 2.08. The summed E-state index contributed by atoms with van der Waals surface area (Å²) in [6.45, 7) is 11.8. The lowest BCUT2D eigenvalue weighted by molar-refractivity contribution is -0.141. The van der Waals surface area contributed by atoms with E-state index >= 15 is 0 Å². The van der Waals surface area contributed by atoms with Gasteiger partial charge >= 0.3 is 5.97 Å². The van der Waals surface area contributed by atoms with E-state index in [4.69, 9.17) is 42.6 Å². The van der Waals surface area contributed by atoms with E-state index in [1.165, 1.54) is 52.1 Å². The molecule has 0 aromatic rings. The van der Waals surface area contributed by atoms with Gasteiger partial charge in [-0.2, -0.15) is 0 Å². The minimum atomic E-state index is -0.280. The second-order valence-corrected chi connectivity index (χ2v) is 9.31. The molecule has 0 saturated carbocycles. The zero-order chi connectivity index (χ0) is 29.7. The van der Waals surface area contributed by atoms with E-state index in [9.17, 15) is 4.79 Å². The Labute approximate surface area is 249 Å². The molecule has 0 aromatic heterocycles. The topological polar surface area (TPSA) is 109 Å². The van der Waals surface area contributed by atoms with Gasteiger partial charge < -0.3 is 47.4 Å². The summed E-state index contributed by atoms with van der Waals surface area (Å²) in [7, 11) is 1.36. The summed E-state index contributed by atoms with van der Waals surface area (Å²) in [5.74, 6) is -0.280. The predicted molar refractivity (Wildman–Crippen MR) is 157 cm³/mol. The van der Waals surface area contributed by atoms with Crippen LogP contribution in [0.4, 0.5) is 0 Å². The number of carbonyl (C=O) groups excluding carboxylic acids is 1. The van der Waals surface area contributed by atoms with Crippen molar-refractivity contribution in [2.24, 2.45) is 0 Å². The minimum absolute atomic E-state index is 0.251. The first-order chi connectivity index (χ1) is 20.3. The van der Waals surface area contributed by atoms with Crippen LogP contribution in [0.5, 0.6) is 0 Å². The lowest BCUT2D eigenvalue weighted by Crippen LogP contribution is -2.15. The molecule has 246 valence electrons. The molecule has 0 radical (unpaired) electrons. The Morgan fingerprint density at radius 3 is 0.951 bits per heavy atom. The van der Waals surface area contributed by atoms with Crippen LogP contribution in [0.3, 0.4) is 0 Å². The average molecular weight is 597 g/mol. The highest BCUT2D eigenvalue weighted by Gasteiger charge is 1.99. The summed E-state index contributed by atoms with van der Waals surface area (Å²) in [5, 5.41) is 0. The van der Waals surface area contributed by atoms with Gasteiger partial charge in [0, 0.05) is 6.61 Å². The Kier molecular flexibility index (Phi) is 36.3. The Morgan fingerprint density at radius 1 is 0.366 bits per heavy atom. The van der Waals surface area contributed by atoms with Gasteiger partial charge in [0.25, 0.3) is 0 Å². The number of hydrogen-bond donors (Lipinski definition) is 0. The number of unbranched alkanes of at least 4 members (excludes halogenated alkanes) is 7. The minimum Gasteiger partial charge on any atom is -0.469 e. The normalized spacial score (nSPS) is 11.4. The SMILES string of the molecule is CCCCCCCCCCOCCOCCOCCOCCOCCOCCOCCOCCOCCC(=O)OC. The van der Waals surface area contributed by atoms with Crippen molar-refractivity contribution < 1.29 is 52.2 Å². The molecule has 0 aromatic carbocycles. The molecule has 41 heavy (non-hydrogen) atoms. The second kappa shape index (κ2) is 37.1. The quantitative estimate of drug-likeness (QED) is 0.0777. The van der Waals surface area contributed by atoms with Crippen LogP contribution in [0.2, 0.25) is 0 Å². The van der Waals surface area contributed by atoms with Crippen LogP contribution in [0.25, 0.3) is 0 Å². The lowest BCUT2D eigenvalue weighted by Gasteiger charge is -2.09. The smallest absolute Gasteiger partial charge is 0.307 e. The van der Waals surface area contributed by atoms with Crippen LogP contribution in [-0.2, 0) is 52.2 Å². The Morgan fingerprint density at radius 2 is 0.634 bits per heavy atom. The van der Waals surface area contributed by atoms with E-state index in [1.807, 2.05) is 0 Å². The summed E-state index contributed by atoms with van der Waals surface area (Å²) in [6.07, 6.45) is 10.8. The summed E-state index contributed by atoms with van der Waals surface area (Å²) in [6, 6.07) is 0. The predicted octanol–water partition coefficient (Wildman–Crippen LogP) is 3.84. The highest BCUT2D eigenvalue weighted by atomic mass is 16.6. The number of methoxy groups -OCH3 is 1. The molecule has 0 rings (SSSR count). The molecular weight excluding hydrogens is 536 g/mol. The molecule has 0 atom stereocenters.